The van der Waals surface area contributed by atoms with E-state index in [1.54, 1.807) is 0 Å². The van der Waals surface area contributed by atoms with Crippen LogP contribution in [-0.2, 0) is 6.54 Å². The van der Waals surface area contributed by atoms with Gasteiger partial charge in [-0.2, -0.15) is 0 Å². The van der Waals surface area contributed by atoms with Crippen molar-refractivity contribution in [2.75, 3.05) is 31.1 Å². The summed E-state index contributed by atoms with van der Waals surface area (Å²) in [5, 5.41) is 0. The first-order valence-electron chi connectivity index (χ1n) is 9.32. The van der Waals surface area contributed by atoms with Crippen molar-refractivity contribution >= 4 is 5.95 Å². The summed E-state index contributed by atoms with van der Waals surface area (Å²) < 4.78 is 2.19. The maximum Gasteiger partial charge on any atom is 0.210 e. The van der Waals surface area contributed by atoms with Crippen LogP contribution in [0.4, 0.5) is 5.95 Å². The van der Waals surface area contributed by atoms with Crippen LogP contribution < -0.4 is 4.90 Å². The van der Waals surface area contributed by atoms with Crippen LogP contribution in [0.25, 0.3) is 5.69 Å². The number of hydrogen-bond acceptors (Lipinski definition) is 3. The lowest BCUT2D eigenvalue weighted by atomic mass is 10.1. The van der Waals surface area contributed by atoms with E-state index in [9.17, 15) is 0 Å². The first-order valence-corrected chi connectivity index (χ1v) is 9.32. The second kappa shape index (κ2) is 7.34. The molecular formula is C22H26N4. The third kappa shape index (κ3) is 3.65. The molecule has 0 bridgehead atoms. The number of imidazole rings is 1. The average molecular weight is 346 g/mol. The second-order valence-electron chi connectivity index (χ2n) is 7.19. The molecule has 2 aromatic carbocycles. The van der Waals surface area contributed by atoms with Gasteiger partial charge in [-0.1, -0.05) is 47.5 Å². The van der Waals surface area contributed by atoms with Crippen LogP contribution in [0.2, 0.25) is 0 Å². The van der Waals surface area contributed by atoms with Gasteiger partial charge in [-0.15, -0.1) is 0 Å². The predicted molar refractivity (Wildman–Crippen MR) is 107 cm³/mol. The van der Waals surface area contributed by atoms with Gasteiger partial charge in [0.15, 0.2) is 0 Å². The number of rotatable bonds is 4. The molecule has 4 rings (SSSR count). The molecule has 1 aliphatic rings. The highest BCUT2D eigenvalue weighted by molar-refractivity contribution is 5.44. The van der Waals surface area contributed by atoms with Crippen LogP contribution in [0.15, 0.2) is 60.9 Å². The molecular weight excluding hydrogens is 320 g/mol. The van der Waals surface area contributed by atoms with Crippen molar-refractivity contribution in [2.24, 2.45) is 0 Å². The Hall–Kier alpha value is -2.59. The number of nitrogens with zero attached hydrogens (tertiary/aromatic N) is 4. The summed E-state index contributed by atoms with van der Waals surface area (Å²) in [6, 6.07) is 17.5. The quantitative estimate of drug-likeness (QED) is 0.718. The van der Waals surface area contributed by atoms with E-state index in [0.717, 1.165) is 38.7 Å². The minimum absolute atomic E-state index is 1.01. The van der Waals surface area contributed by atoms with Crippen molar-refractivity contribution in [3.63, 3.8) is 0 Å². The van der Waals surface area contributed by atoms with Crippen LogP contribution in [0.5, 0.6) is 0 Å². The summed E-state index contributed by atoms with van der Waals surface area (Å²) in [6.07, 6.45) is 3.95. The lowest BCUT2D eigenvalue weighted by Crippen LogP contribution is -2.46. The van der Waals surface area contributed by atoms with E-state index in [0.29, 0.717) is 0 Å². The lowest BCUT2D eigenvalue weighted by molar-refractivity contribution is 0.248. The topological polar surface area (TPSA) is 24.3 Å². The molecule has 1 fully saturated rings. The first-order chi connectivity index (χ1) is 12.7. The van der Waals surface area contributed by atoms with Crippen molar-refractivity contribution < 1.29 is 0 Å². The zero-order valence-corrected chi connectivity index (χ0v) is 15.6. The second-order valence-corrected chi connectivity index (χ2v) is 7.19. The maximum absolute atomic E-state index is 4.63. The van der Waals surface area contributed by atoms with Crippen molar-refractivity contribution in [3.05, 3.63) is 77.6 Å². The number of aryl methyl sites for hydroxylation is 2. The summed E-state index contributed by atoms with van der Waals surface area (Å²) in [7, 11) is 0. The molecule has 0 atom stereocenters. The average Bonchev–Trinajstić information content (AvgIpc) is 3.13. The Kier molecular flexibility index (Phi) is 4.76. The van der Waals surface area contributed by atoms with Gasteiger partial charge in [-0.05, 0) is 31.5 Å². The molecule has 0 spiro atoms. The molecule has 134 valence electrons. The van der Waals surface area contributed by atoms with Gasteiger partial charge in [-0.3, -0.25) is 9.47 Å². The summed E-state index contributed by atoms with van der Waals surface area (Å²) in [6.45, 7) is 9.45. The molecule has 0 amide bonds. The summed E-state index contributed by atoms with van der Waals surface area (Å²) >= 11 is 0. The zero-order chi connectivity index (χ0) is 17.9. The molecule has 4 heteroatoms. The number of piperazine rings is 1. The molecule has 0 unspecified atom stereocenters. The summed E-state index contributed by atoms with van der Waals surface area (Å²) in [5.41, 5.74) is 5.19. The van der Waals surface area contributed by atoms with E-state index in [1.165, 1.54) is 22.4 Å². The Bertz CT molecular complexity index is 858. The Morgan fingerprint density at radius 3 is 2.38 bits per heavy atom. The van der Waals surface area contributed by atoms with Crippen LogP contribution in [0.1, 0.15) is 16.7 Å². The van der Waals surface area contributed by atoms with Crippen molar-refractivity contribution in [3.8, 4) is 5.69 Å². The minimum Gasteiger partial charge on any atom is -0.339 e. The normalized spacial score (nSPS) is 15.4. The number of aromatic nitrogens is 2. The van der Waals surface area contributed by atoms with Gasteiger partial charge in [0.1, 0.15) is 0 Å². The van der Waals surface area contributed by atoms with Gasteiger partial charge >= 0.3 is 0 Å². The van der Waals surface area contributed by atoms with Crippen molar-refractivity contribution in [2.45, 2.75) is 20.4 Å². The van der Waals surface area contributed by atoms with Gasteiger partial charge < -0.3 is 4.90 Å². The molecule has 0 radical (unpaired) electrons. The summed E-state index contributed by atoms with van der Waals surface area (Å²) in [4.78, 5) is 9.56. The molecule has 26 heavy (non-hydrogen) atoms. The highest BCUT2D eigenvalue weighted by Gasteiger charge is 2.20. The molecule has 3 aromatic rings. The molecule has 1 saturated heterocycles. The number of benzene rings is 2. The van der Waals surface area contributed by atoms with Crippen molar-refractivity contribution in [1.29, 1.82) is 0 Å². The van der Waals surface area contributed by atoms with Gasteiger partial charge in [-0.25, -0.2) is 4.98 Å². The Morgan fingerprint density at radius 2 is 1.65 bits per heavy atom. The Morgan fingerprint density at radius 1 is 0.885 bits per heavy atom. The highest BCUT2D eigenvalue weighted by atomic mass is 15.3. The van der Waals surface area contributed by atoms with Crippen LogP contribution in [-0.4, -0.2) is 40.6 Å². The molecule has 2 heterocycles. The molecule has 0 aliphatic carbocycles. The van der Waals surface area contributed by atoms with E-state index in [-0.39, 0.29) is 0 Å². The third-order valence-corrected chi connectivity index (χ3v) is 5.08. The zero-order valence-electron chi connectivity index (χ0n) is 15.6. The Balaban J connectivity index is 1.42. The van der Waals surface area contributed by atoms with Crippen LogP contribution >= 0.6 is 0 Å². The minimum atomic E-state index is 1.01. The van der Waals surface area contributed by atoms with Gasteiger partial charge in [0, 0.05) is 50.8 Å². The van der Waals surface area contributed by atoms with E-state index in [1.807, 2.05) is 6.20 Å². The van der Waals surface area contributed by atoms with E-state index < -0.39 is 0 Å². The SMILES string of the molecule is Cc1ccc(-n2ccnc2N2CCN(Cc3cccc(C)c3)CC2)cc1. The van der Waals surface area contributed by atoms with Gasteiger partial charge in [0.2, 0.25) is 5.95 Å². The highest BCUT2D eigenvalue weighted by Crippen LogP contribution is 2.20. The maximum atomic E-state index is 4.63. The lowest BCUT2D eigenvalue weighted by Gasteiger charge is -2.35. The fraction of sp³-hybridized carbons (Fsp3) is 0.318. The van der Waals surface area contributed by atoms with Gasteiger partial charge in [0.25, 0.3) is 0 Å². The largest absolute Gasteiger partial charge is 0.339 e. The molecule has 0 saturated carbocycles. The molecule has 1 aromatic heterocycles. The third-order valence-electron chi connectivity index (χ3n) is 5.08. The van der Waals surface area contributed by atoms with Crippen molar-refractivity contribution in [1.82, 2.24) is 14.5 Å². The fourth-order valence-corrected chi connectivity index (χ4v) is 3.61. The number of anilines is 1. The monoisotopic (exact) mass is 346 g/mol. The van der Waals surface area contributed by atoms with E-state index in [4.69, 9.17) is 0 Å². The predicted octanol–water partition coefficient (Wildman–Crippen LogP) is 3.81. The number of hydrogen-bond donors (Lipinski definition) is 0. The van der Waals surface area contributed by atoms with E-state index in [2.05, 4.69) is 87.9 Å². The van der Waals surface area contributed by atoms with Crippen LogP contribution in [0.3, 0.4) is 0 Å². The van der Waals surface area contributed by atoms with E-state index >= 15 is 0 Å². The first kappa shape index (κ1) is 16.9. The van der Waals surface area contributed by atoms with Crippen LogP contribution in [0, 0.1) is 13.8 Å². The molecule has 0 N–H and O–H groups in total. The molecule has 1 aliphatic heterocycles. The van der Waals surface area contributed by atoms with Gasteiger partial charge in [0.05, 0.1) is 0 Å². The fourth-order valence-electron chi connectivity index (χ4n) is 3.61. The smallest absolute Gasteiger partial charge is 0.210 e. The standard InChI is InChI=1S/C22H26N4/c1-18-6-8-21(9-7-18)26-11-10-23-22(26)25-14-12-24(13-15-25)17-20-5-3-4-19(2)16-20/h3-11,16H,12-15,17H2,1-2H3. The summed E-state index contributed by atoms with van der Waals surface area (Å²) in [5.74, 6) is 1.05. The Labute approximate surface area is 155 Å². The molecule has 4 nitrogen and oxygen atoms in total.